The van der Waals surface area contributed by atoms with Gasteiger partial charge in [0.25, 0.3) is 0 Å². The molecule has 1 aliphatic heterocycles. The van der Waals surface area contributed by atoms with Gasteiger partial charge in [-0.2, -0.15) is 11.8 Å². The molecule has 13 heavy (non-hydrogen) atoms. The maximum absolute atomic E-state index is 11.1. The van der Waals surface area contributed by atoms with Gasteiger partial charge in [0.2, 0.25) is 6.41 Å². The molecule has 1 atom stereocenters. The molecule has 0 aliphatic carbocycles. The van der Waals surface area contributed by atoms with Crippen LogP contribution in [0.5, 0.6) is 0 Å². The van der Waals surface area contributed by atoms with E-state index in [1.165, 1.54) is 4.90 Å². The fourth-order valence-corrected chi connectivity index (χ4v) is 2.95. The van der Waals surface area contributed by atoms with E-state index in [0.717, 1.165) is 5.75 Å². The number of carbonyl (C=O) groups excluding carboxylic acids is 1. The fourth-order valence-electron chi connectivity index (χ4n) is 1.55. The van der Waals surface area contributed by atoms with Crippen LogP contribution < -0.4 is 0 Å². The highest BCUT2D eigenvalue weighted by Gasteiger charge is 2.46. The van der Waals surface area contributed by atoms with E-state index in [-0.39, 0.29) is 0 Å². The third-order valence-electron chi connectivity index (χ3n) is 2.42. The summed E-state index contributed by atoms with van der Waals surface area (Å²) in [6.45, 7) is 2.25. The Kier molecular flexibility index (Phi) is 3.19. The third kappa shape index (κ3) is 1.65. The number of thioether (sulfide) groups is 1. The van der Waals surface area contributed by atoms with Crippen LogP contribution in [-0.2, 0) is 9.59 Å². The first-order chi connectivity index (χ1) is 6.17. The van der Waals surface area contributed by atoms with E-state index in [0.29, 0.717) is 25.1 Å². The summed E-state index contributed by atoms with van der Waals surface area (Å²) < 4.78 is 0. The van der Waals surface area contributed by atoms with E-state index < -0.39 is 11.5 Å². The highest BCUT2D eigenvalue weighted by atomic mass is 32.2. The lowest BCUT2D eigenvalue weighted by atomic mass is 9.97. The molecule has 0 radical (unpaired) electrons. The number of carbonyl (C=O) groups is 2. The summed E-state index contributed by atoms with van der Waals surface area (Å²) in [6.07, 6.45) is 1.19. The van der Waals surface area contributed by atoms with E-state index in [4.69, 9.17) is 5.11 Å². The van der Waals surface area contributed by atoms with Gasteiger partial charge in [-0.1, -0.05) is 0 Å². The summed E-state index contributed by atoms with van der Waals surface area (Å²) in [5.74, 6) is 0.442. The molecular weight excluding hydrogens is 190 g/mol. The Morgan fingerprint density at radius 2 is 2.46 bits per heavy atom. The van der Waals surface area contributed by atoms with Crippen molar-refractivity contribution in [2.75, 3.05) is 18.1 Å². The van der Waals surface area contributed by atoms with Gasteiger partial charge in [0.1, 0.15) is 5.54 Å². The molecule has 0 aromatic heterocycles. The molecule has 1 N–H and O–H groups in total. The molecule has 1 rings (SSSR count). The first-order valence-electron chi connectivity index (χ1n) is 4.20. The quantitative estimate of drug-likeness (QED) is 0.673. The monoisotopic (exact) mass is 203 g/mol. The number of amides is 1. The Morgan fingerprint density at radius 1 is 1.77 bits per heavy atom. The molecule has 4 nitrogen and oxygen atoms in total. The molecule has 1 heterocycles. The van der Waals surface area contributed by atoms with Gasteiger partial charge < -0.3 is 10.0 Å². The number of likely N-dealkylation sites (N-methyl/N-ethyl adjacent to an activating group) is 1. The minimum absolute atomic E-state index is 0.455. The van der Waals surface area contributed by atoms with Crippen molar-refractivity contribution in [3.05, 3.63) is 0 Å². The van der Waals surface area contributed by atoms with Crippen molar-refractivity contribution in [3.8, 4) is 0 Å². The van der Waals surface area contributed by atoms with Gasteiger partial charge in [0, 0.05) is 12.3 Å². The van der Waals surface area contributed by atoms with Crippen LogP contribution in [0, 0.1) is 0 Å². The zero-order valence-electron chi connectivity index (χ0n) is 7.52. The van der Waals surface area contributed by atoms with Crippen molar-refractivity contribution in [1.82, 2.24) is 4.90 Å². The normalized spacial score (nSPS) is 27.2. The first kappa shape index (κ1) is 10.4. The number of nitrogens with zero attached hydrogens (tertiary/aromatic N) is 1. The summed E-state index contributed by atoms with van der Waals surface area (Å²) in [7, 11) is 0. The van der Waals surface area contributed by atoms with E-state index in [1.54, 1.807) is 18.7 Å². The average molecular weight is 203 g/mol. The summed E-state index contributed by atoms with van der Waals surface area (Å²) in [6, 6.07) is 0. The van der Waals surface area contributed by atoms with Crippen molar-refractivity contribution >= 4 is 24.1 Å². The predicted octanol–water partition coefficient (Wildman–Crippen LogP) is 0.425. The molecule has 0 aromatic rings. The first-order valence-corrected chi connectivity index (χ1v) is 5.36. The van der Waals surface area contributed by atoms with Crippen molar-refractivity contribution in [3.63, 3.8) is 0 Å². The Labute approximate surface area is 81.3 Å². The molecule has 1 fully saturated rings. The van der Waals surface area contributed by atoms with Gasteiger partial charge in [-0.05, 0) is 19.1 Å². The third-order valence-corrected chi connectivity index (χ3v) is 3.59. The van der Waals surface area contributed by atoms with Gasteiger partial charge in [-0.25, -0.2) is 4.79 Å². The molecule has 0 bridgehead atoms. The number of rotatable bonds is 4. The Morgan fingerprint density at radius 3 is 2.77 bits per heavy atom. The van der Waals surface area contributed by atoms with Crippen LogP contribution in [0.3, 0.4) is 0 Å². The summed E-state index contributed by atoms with van der Waals surface area (Å²) in [4.78, 5) is 23.1. The van der Waals surface area contributed by atoms with Crippen molar-refractivity contribution in [2.24, 2.45) is 0 Å². The molecule has 0 saturated carbocycles. The second-order valence-electron chi connectivity index (χ2n) is 3.03. The summed E-state index contributed by atoms with van der Waals surface area (Å²) in [5.41, 5.74) is -0.943. The van der Waals surface area contributed by atoms with Gasteiger partial charge in [0.05, 0.1) is 0 Å². The zero-order valence-corrected chi connectivity index (χ0v) is 8.34. The van der Waals surface area contributed by atoms with Crippen LogP contribution in [0.2, 0.25) is 0 Å². The molecular formula is C8H13NO3S. The number of carboxylic acid groups (broad SMARTS) is 1. The largest absolute Gasteiger partial charge is 0.479 e. The topological polar surface area (TPSA) is 57.6 Å². The standard InChI is InChI=1S/C8H13NO3S/c1-2-9(6-10)8(7(11)12)3-4-13-5-8/h6H,2-5H2,1H3,(H,11,12). The van der Waals surface area contributed by atoms with Crippen LogP contribution in [0.15, 0.2) is 0 Å². The molecule has 1 unspecified atom stereocenters. The highest BCUT2D eigenvalue weighted by Crippen LogP contribution is 2.32. The van der Waals surface area contributed by atoms with E-state index in [9.17, 15) is 9.59 Å². The van der Waals surface area contributed by atoms with Crippen LogP contribution in [0.1, 0.15) is 13.3 Å². The Hall–Kier alpha value is -0.710. The number of hydrogen-bond donors (Lipinski definition) is 1. The van der Waals surface area contributed by atoms with Crippen LogP contribution in [0.25, 0.3) is 0 Å². The predicted molar refractivity (Wildman–Crippen MR) is 50.8 cm³/mol. The van der Waals surface area contributed by atoms with Crippen LogP contribution in [-0.4, -0.2) is 46.0 Å². The summed E-state index contributed by atoms with van der Waals surface area (Å²) in [5, 5.41) is 9.08. The molecule has 0 spiro atoms. The van der Waals surface area contributed by atoms with Crippen LogP contribution in [0.4, 0.5) is 0 Å². The minimum atomic E-state index is -0.943. The zero-order chi connectivity index (χ0) is 9.90. The average Bonchev–Trinajstić information content (AvgIpc) is 2.56. The summed E-state index contributed by atoms with van der Waals surface area (Å²) >= 11 is 1.59. The number of hydrogen-bond acceptors (Lipinski definition) is 3. The molecule has 1 amide bonds. The molecule has 1 aliphatic rings. The van der Waals surface area contributed by atoms with Gasteiger partial charge in [-0.3, -0.25) is 4.79 Å². The van der Waals surface area contributed by atoms with Crippen molar-refractivity contribution < 1.29 is 14.7 Å². The molecule has 74 valence electrons. The maximum atomic E-state index is 11.1. The lowest BCUT2D eigenvalue weighted by molar-refractivity contribution is -0.153. The Balaban J connectivity index is 2.88. The highest BCUT2D eigenvalue weighted by molar-refractivity contribution is 7.99. The minimum Gasteiger partial charge on any atom is -0.479 e. The maximum Gasteiger partial charge on any atom is 0.330 e. The number of aliphatic carboxylic acids is 1. The Bertz CT molecular complexity index is 213. The smallest absolute Gasteiger partial charge is 0.330 e. The number of carboxylic acids is 1. The second-order valence-corrected chi connectivity index (χ2v) is 4.14. The van der Waals surface area contributed by atoms with Crippen LogP contribution >= 0.6 is 11.8 Å². The van der Waals surface area contributed by atoms with Gasteiger partial charge >= 0.3 is 5.97 Å². The van der Waals surface area contributed by atoms with Crippen molar-refractivity contribution in [2.45, 2.75) is 18.9 Å². The van der Waals surface area contributed by atoms with E-state index >= 15 is 0 Å². The fraction of sp³-hybridized carbons (Fsp3) is 0.750. The van der Waals surface area contributed by atoms with E-state index in [1.807, 2.05) is 0 Å². The molecule has 0 aromatic carbocycles. The molecule has 1 saturated heterocycles. The molecule has 5 heteroatoms. The van der Waals surface area contributed by atoms with E-state index in [2.05, 4.69) is 0 Å². The van der Waals surface area contributed by atoms with Gasteiger partial charge in [0.15, 0.2) is 0 Å². The van der Waals surface area contributed by atoms with Gasteiger partial charge in [-0.15, -0.1) is 0 Å². The SMILES string of the molecule is CCN(C=O)C1(C(=O)O)CCSC1. The second kappa shape index (κ2) is 4.00. The lowest BCUT2D eigenvalue weighted by Gasteiger charge is -2.33. The lowest BCUT2D eigenvalue weighted by Crippen LogP contribution is -2.54. The van der Waals surface area contributed by atoms with Crippen molar-refractivity contribution in [1.29, 1.82) is 0 Å².